The van der Waals surface area contributed by atoms with Crippen molar-refractivity contribution in [1.82, 2.24) is 0 Å². The SMILES string of the molecule is C/C=C(/C/C=C/C(C)c1ccccc1)CC/C=C(\C)CCC=C(C)C.CC. The van der Waals surface area contributed by atoms with Gasteiger partial charge >= 0.3 is 0 Å². The molecule has 0 heterocycles. The van der Waals surface area contributed by atoms with E-state index in [2.05, 4.69) is 95.3 Å². The van der Waals surface area contributed by atoms with E-state index in [9.17, 15) is 0 Å². The van der Waals surface area contributed by atoms with Gasteiger partial charge in [0.15, 0.2) is 0 Å². The maximum atomic E-state index is 2.42. The van der Waals surface area contributed by atoms with Gasteiger partial charge in [-0.05, 0) is 71.3 Å². The van der Waals surface area contributed by atoms with Crippen molar-refractivity contribution in [3.8, 4) is 0 Å². The van der Waals surface area contributed by atoms with Crippen LogP contribution in [-0.2, 0) is 0 Å². The maximum Gasteiger partial charge on any atom is -0.00103 e. The van der Waals surface area contributed by atoms with Gasteiger partial charge < -0.3 is 0 Å². The van der Waals surface area contributed by atoms with Crippen molar-refractivity contribution in [1.29, 1.82) is 0 Å². The molecule has 0 fully saturated rings. The van der Waals surface area contributed by atoms with Crippen molar-refractivity contribution in [3.05, 3.63) is 83.0 Å². The molecular formula is C27H42. The summed E-state index contributed by atoms with van der Waals surface area (Å²) in [6.45, 7) is 15.0. The van der Waals surface area contributed by atoms with E-state index in [0.717, 1.165) is 12.8 Å². The summed E-state index contributed by atoms with van der Waals surface area (Å²) in [4.78, 5) is 0. The van der Waals surface area contributed by atoms with E-state index in [1.165, 1.54) is 41.5 Å². The van der Waals surface area contributed by atoms with Gasteiger partial charge in [0.05, 0.1) is 0 Å². The fourth-order valence-electron chi connectivity index (χ4n) is 2.85. The maximum absolute atomic E-state index is 2.42. The molecule has 1 unspecified atom stereocenters. The second-order valence-corrected chi connectivity index (χ2v) is 7.19. The zero-order chi connectivity index (χ0) is 20.5. The second-order valence-electron chi connectivity index (χ2n) is 7.19. The van der Waals surface area contributed by atoms with Crippen LogP contribution < -0.4 is 0 Å². The first-order valence-electron chi connectivity index (χ1n) is 10.7. The third kappa shape index (κ3) is 13.1. The summed E-state index contributed by atoms with van der Waals surface area (Å²) >= 11 is 0. The molecule has 0 saturated heterocycles. The minimum atomic E-state index is 0.483. The highest BCUT2D eigenvalue weighted by Gasteiger charge is 2.00. The Morgan fingerprint density at radius 2 is 1.56 bits per heavy atom. The molecule has 1 rings (SSSR count). The molecule has 0 N–H and O–H groups in total. The molecular weight excluding hydrogens is 324 g/mol. The molecule has 0 amide bonds. The molecule has 0 nitrogen and oxygen atoms in total. The van der Waals surface area contributed by atoms with Crippen LogP contribution in [0.1, 0.15) is 92.1 Å². The topological polar surface area (TPSA) is 0 Å². The Hall–Kier alpha value is -1.82. The van der Waals surface area contributed by atoms with Gasteiger partial charge in [0, 0.05) is 0 Å². The molecule has 0 aliphatic heterocycles. The Morgan fingerprint density at radius 3 is 2.15 bits per heavy atom. The van der Waals surface area contributed by atoms with Gasteiger partial charge in [-0.15, -0.1) is 0 Å². The zero-order valence-corrected chi connectivity index (χ0v) is 18.9. The first-order chi connectivity index (χ1) is 13.0. The molecule has 27 heavy (non-hydrogen) atoms. The zero-order valence-electron chi connectivity index (χ0n) is 18.9. The summed E-state index contributed by atoms with van der Waals surface area (Å²) in [5.41, 5.74) is 5.85. The molecule has 0 saturated carbocycles. The van der Waals surface area contributed by atoms with Crippen LogP contribution in [0.4, 0.5) is 0 Å². The molecule has 1 atom stereocenters. The minimum Gasteiger partial charge on any atom is -0.0881 e. The van der Waals surface area contributed by atoms with Crippen LogP contribution in [0, 0.1) is 0 Å². The Balaban J connectivity index is 0.00000326. The molecule has 0 aliphatic carbocycles. The summed E-state index contributed by atoms with van der Waals surface area (Å²) in [6.07, 6.45) is 17.4. The fraction of sp³-hybridized carbons (Fsp3) is 0.481. The van der Waals surface area contributed by atoms with Gasteiger partial charge in [0.2, 0.25) is 0 Å². The summed E-state index contributed by atoms with van der Waals surface area (Å²) < 4.78 is 0. The van der Waals surface area contributed by atoms with E-state index in [1.807, 2.05) is 13.8 Å². The van der Waals surface area contributed by atoms with E-state index in [1.54, 1.807) is 0 Å². The number of rotatable bonds is 10. The van der Waals surface area contributed by atoms with Crippen molar-refractivity contribution < 1.29 is 0 Å². The first-order valence-corrected chi connectivity index (χ1v) is 10.7. The van der Waals surface area contributed by atoms with E-state index in [0.29, 0.717) is 5.92 Å². The second kappa shape index (κ2) is 16.4. The first kappa shape index (κ1) is 25.2. The summed E-state index contributed by atoms with van der Waals surface area (Å²) in [7, 11) is 0. The van der Waals surface area contributed by atoms with E-state index in [-0.39, 0.29) is 0 Å². The Morgan fingerprint density at radius 1 is 0.926 bits per heavy atom. The fourth-order valence-corrected chi connectivity index (χ4v) is 2.85. The largest absolute Gasteiger partial charge is 0.0881 e. The molecule has 0 aromatic heterocycles. The molecule has 150 valence electrons. The van der Waals surface area contributed by atoms with Crippen molar-refractivity contribution in [2.45, 2.75) is 86.5 Å². The lowest BCUT2D eigenvalue weighted by molar-refractivity contribution is 0.895. The van der Waals surface area contributed by atoms with Gasteiger partial charge in [-0.3, -0.25) is 0 Å². The Labute approximate surface area is 169 Å². The molecule has 0 heteroatoms. The summed E-state index contributed by atoms with van der Waals surface area (Å²) in [5.74, 6) is 0.483. The lowest BCUT2D eigenvalue weighted by atomic mass is 9.99. The van der Waals surface area contributed by atoms with E-state index < -0.39 is 0 Å². The minimum absolute atomic E-state index is 0.483. The molecule has 1 aromatic carbocycles. The van der Waals surface area contributed by atoms with Gasteiger partial charge in [0.1, 0.15) is 0 Å². The van der Waals surface area contributed by atoms with E-state index in [4.69, 9.17) is 0 Å². The molecule has 0 aliphatic rings. The van der Waals surface area contributed by atoms with Gasteiger partial charge in [-0.2, -0.15) is 0 Å². The van der Waals surface area contributed by atoms with Crippen LogP contribution in [0.15, 0.2) is 77.4 Å². The van der Waals surface area contributed by atoms with Crippen molar-refractivity contribution in [2.75, 3.05) is 0 Å². The van der Waals surface area contributed by atoms with Crippen molar-refractivity contribution in [2.24, 2.45) is 0 Å². The van der Waals surface area contributed by atoms with Crippen LogP contribution in [0.3, 0.4) is 0 Å². The van der Waals surface area contributed by atoms with Gasteiger partial charge in [-0.1, -0.05) is 98.2 Å². The van der Waals surface area contributed by atoms with Crippen LogP contribution in [0.25, 0.3) is 0 Å². The smallest absolute Gasteiger partial charge is 0.00103 e. The highest BCUT2D eigenvalue weighted by Crippen LogP contribution is 2.18. The monoisotopic (exact) mass is 366 g/mol. The average molecular weight is 367 g/mol. The van der Waals surface area contributed by atoms with Crippen LogP contribution in [0.5, 0.6) is 0 Å². The third-order valence-corrected chi connectivity index (χ3v) is 4.59. The molecule has 0 spiro atoms. The van der Waals surface area contributed by atoms with Crippen LogP contribution in [-0.4, -0.2) is 0 Å². The number of hydrogen-bond acceptors (Lipinski definition) is 0. The Bertz CT molecular complexity index is 592. The van der Waals surface area contributed by atoms with Crippen LogP contribution >= 0.6 is 0 Å². The predicted molar refractivity (Wildman–Crippen MR) is 125 cm³/mol. The predicted octanol–water partition coefficient (Wildman–Crippen LogP) is 9.18. The quantitative estimate of drug-likeness (QED) is 0.362. The highest BCUT2D eigenvalue weighted by molar-refractivity contribution is 5.23. The lowest BCUT2D eigenvalue weighted by Gasteiger charge is -2.07. The van der Waals surface area contributed by atoms with E-state index >= 15 is 0 Å². The summed E-state index contributed by atoms with van der Waals surface area (Å²) in [5, 5.41) is 0. The van der Waals surface area contributed by atoms with Crippen molar-refractivity contribution in [3.63, 3.8) is 0 Å². The van der Waals surface area contributed by atoms with Crippen molar-refractivity contribution >= 4 is 0 Å². The number of benzene rings is 1. The summed E-state index contributed by atoms with van der Waals surface area (Å²) in [6, 6.07) is 10.7. The molecule has 0 radical (unpaired) electrons. The third-order valence-electron chi connectivity index (χ3n) is 4.59. The highest BCUT2D eigenvalue weighted by atomic mass is 14.1. The number of allylic oxidation sites excluding steroid dienone is 8. The Kier molecular flexibility index (Phi) is 15.3. The standard InChI is InChI=1S/C25H36.C2H6/c1-6-24(17-11-15-22(4)14-10-13-21(2)3)18-12-16-23(5)25-19-8-7-9-20-25;1-2/h6-9,12-13,15-16,19-20,23H,10-11,14,17-18H2,1-5H3;1-2H3/b16-12+,22-15+,24-6+;. The molecule has 1 aromatic rings. The molecule has 0 bridgehead atoms. The lowest BCUT2D eigenvalue weighted by Crippen LogP contribution is -1.88. The van der Waals surface area contributed by atoms with Gasteiger partial charge in [-0.25, -0.2) is 0 Å². The number of hydrogen-bond donors (Lipinski definition) is 0. The normalized spacial score (nSPS) is 13.1. The average Bonchev–Trinajstić information content (AvgIpc) is 2.68. The van der Waals surface area contributed by atoms with Crippen LogP contribution in [0.2, 0.25) is 0 Å². The van der Waals surface area contributed by atoms with Gasteiger partial charge in [0.25, 0.3) is 0 Å².